The van der Waals surface area contributed by atoms with E-state index in [0.717, 1.165) is 25.1 Å². The Morgan fingerprint density at radius 3 is 2.33 bits per heavy atom. The molecular weight excluding hydrogens is 222 g/mol. The Morgan fingerprint density at radius 2 is 1.83 bits per heavy atom. The van der Waals surface area contributed by atoms with Gasteiger partial charge in [-0.25, -0.2) is 0 Å². The van der Waals surface area contributed by atoms with Crippen LogP contribution in [-0.4, -0.2) is 19.7 Å². The first-order valence-corrected chi connectivity index (χ1v) is 6.91. The third-order valence-corrected chi connectivity index (χ3v) is 3.66. The van der Waals surface area contributed by atoms with Crippen molar-refractivity contribution in [3.8, 4) is 5.75 Å². The molecule has 0 saturated heterocycles. The van der Waals surface area contributed by atoms with Gasteiger partial charge in [0.1, 0.15) is 5.75 Å². The Balaban J connectivity index is 2.60. The molecule has 1 aromatic rings. The van der Waals surface area contributed by atoms with Crippen molar-refractivity contribution in [2.75, 3.05) is 13.6 Å². The van der Waals surface area contributed by atoms with Gasteiger partial charge in [-0.2, -0.15) is 0 Å². The molecule has 0 aliphatic rings. The summed E-state index contributed by atoms with van der Waals surface area (Å²) in [5, 5.41) is 3.14. The fraction of sp³-hybridized carbons (Fsp3) is 0.625. The van der Waals surface area contributed by atoms with E-state index in [9.17, 15) is 0 Å². The number of nitrogens with one attached hydrogen (secondary N) is 1. The van der Waals surface area contributed by atoms with E-state index in [1.54, 1.807) is 0 Å². The number of hydrogen-bond donors (Lipinski definition) is 1. The molecule has 1 aromatic carbocycles. The van der Waals surface area contributed by atoms with Gasteiger partial charge in [-0.15, -0.1) is 0 Å². The lowest BCUT2D eigenvalue weighted by Gasteiger charge is -2.23. The second-order valence-electron chi connectivity index (χ2n) is 5.58. The average molecular weight is 249 g/mol. The summed E-state index contributed by atoms with van der Waals surface area (Å²) in [5.74, 6) is 0.967. The number of rotatable bonds is 7. The summed E-state index contributed by atoms with van der Waals surface area (Å²) >= 11 is 0. The smallest absolute Gasteiger partial charge is 0.119 e. The molecule has 0 fully saturated rings. The first-order valence-electron chi connectivity index (χ1n) is 6.91. The average Bonchev–Trinajstić information content (AvgIpc) is 2.37. The van der Waals surface area contributed by atoms with Crippen LogP contribution in [0.3, 0.4) is 0 Å². The van der Waals surface area contributed by atoms with Gasteiger partial charge in [-0.1, -0.05) is 32.9 Å². The Kier molecular flexibility index (Phi) is 5.67. The van der Waals surface area contributed by atoms with Gasteiger partial charge in [0, 0.05) is 0 Å². The summed E-state index contributed by atoms with van der Waals surface area (Å²) in [6.45, 7) is 9.88. The van der Waals surface area contributed by atoms with E-state index in [1.807, 2.05) is 7.05 Å². The van der Waals surface area contributed by atoms with E-state index in [-0.39, 0.29) is 11.5 Å². The molecule has 0 spiro atoms. The highest BCUT2D eigenvalue weighted by Crippen LogP contribution is 2.28. The molecule has 2 nitrogen and oxygen atoms in total. The molecule has 0 aromatic heterocycles. The molecule has 0 aliphatic carbocycles. The molecule has 0 amide bonds. The Labute approximate surface area is 112 Å². The Hall–Kier alpha value is -1.02. The van der Waals surface area contributed by atoms with Gasteiger partial charge in [-0.05, 0) is 56.5 Å². The fourth-order valence-electron chi connectivity index (χ4n) is 1.83. The van der Waals surface area contributed by atoms with E-state index in [4.69, 9.17) is 4.74 Å². The van der Waals surface area contributed by atoms with Crippen molar-refractivity contribution in [1.29, 1.82) is 0 Å². The monoisotopic (exact) mass is 249 g/mol. The van der Waals surface area contributed by atoms with Gasteiger partial charge in [-0.3, -0.25) is 0 Å². The summed E-state index contributed by atoms with van der Waals surface area (Å²) in [7, 11) is 1.97. The molecule has 102 valence electrons. The first kappa shape index (κ1) is 15.0. The van der Waals surface area contributed by atoms with Crippen LogP contribution in [0.4, 0.5) is 0 Å². The summed E-state index contributed by atoms with van der Waals surface area (Å²) in [5.41, 5.74) is 1.62. The van der Waals surface area contributed by atoms with Crippen LogP contribution in [0, 0.1) is 0 Å². The maximum atomic E-state index is 5.88. The van der Waals surface area contributed by atoms with E-state index in [2.05, 4.69) is 57.3 Å². The minimum absolute atomic E-state index is 0.246. The van der Waals surface area contributed by atoms with Crippen LogP contribution in [0.25, 0.3) is 0 Å². The first-order chi connectivity index (χ1) is 8.49. The lowest BCUT2D eigenvalue weighted by Crippen LogP contribution is -2.19. The van der Waals surface area contributed by atoms with Crippen LogP contribution in [0.5, 0.6) is 5.75 Å². The lowest BCUT2D eigenvalue weighted by atomic mass is 9.82. The molecule has 0 aliphatic heterocycles. The quantitative estimate of drug-likeness (QED) is 0.794. The van der Waals surface area contributed by atoms with Crippen molar-refractivity contribution in [1.82, 2.24) is 5.32 Å². The Bertz CT molecular complexity index is 343. The summed E-state index contributed by atoms with van der Waals surface area (Å²) in [4.78, 5) is 0. The largest absolute Gasteiger partial charge is 0.491 e. The molecule has 18 heavy (non-hydrogen) atoms. The number of benzene rings is 1. The highest BCUT2D eigenvalue weighted by molar-refractivity contribution is 5.31. The fourth-order valence-corrected chi connectivity index (χ4v) is 1.83. The zero-order valence-electron chi connectivity index (χ0n) is 12.4. The van der Waals surface area contributed by atoms with Gasteiger partial charge in [0.2, 0.25) is 0 Å². The van der Waals surface area contributed by atoms with Crippen LogP contribution < -0.4 is 10.1 Å². The van der Waals surface area contributed by atoms with Crippen LogP contribution in [0.2, 0.25) is 0 Å². The van der Waals surface area contributed by atoms with Gasteiger partial charge < -0.3 is 10.1 Å². The molecule has 1 N–H and O–H groups in total. The van der Waals surface area contributed by atoms with Crippen LogP contribution >= 0.6 is 0 Å². The maximum absolute atomic E-state index is 5.88. The van der Waals surface area contributed by atoms with Crippen molar-refractivity contribution < 1.29 is 4.74 Å². The summed E-state index contributed by atoms with van der Waals surface area (Å²) < 4.78 is 5.88. The van der Waals surface area contributed by atoms with Gasteiger partial charge in [0.05, 0.1) is 6.10 Å². The molecule has 1 unspecified atom stereocenters. The zero-order valence-corrected chi connectivity index (χ0v) is 12.4. The third-order valence-electron chi connectivity index (χ3n) is 3.66. The second kappa shape index (κ2) is 6.79. The summed E-state index contributed by atoms with van der Waals surface area (Å²) in [6.07, 6.45) is 2.42. The molecule has 0 saturated carbocycles. The van der Waals surface area contributed by atoms with Crippen molar-refractivity contribution in [2.24, 2.45) is 0 Å². The topological polar surface area (TPSA) is 21.3 Å². The van der Waals surface area contributed by atoms with Crippen LogP contribution in [0.15, 0.2) is 24.3 Å². The molecule has 1 rings (SSSR count). The lowest BCUT2D eigenvalue weighted by molar-refractivity contribution is 0.211. The highest BCUT2D eigenvalue weighted by atomic mass is 16.5. The van der Waals surface area contributed by atoms with Gasteiger partial charge in [0.25, 0.3) is 0 Å². The third kappa shape index (κ3) is 4.34. The minimum Gasteiger partial charge on any atom is -0.491 e. The van der Waals surface area contributed by atoms with E-state index in [0.29, 0.717) is 0 Å². The molecule has 2 heteroatoms. The number of ether oxygens (including phenoxy) is 1. The zero-order chi connectivity index (χ0) is 13.6. The second-order valence-corrected chi connectivity index (χ2v) is 5.58. The van der Waals surface area contributed by atoms with E-state index < -0.39 is 0 Å². The van der Waals surface area contributed by atoms with Crippen molar-refractivity contribution in [3.63, 3.8) is 0 Å². The van der Waals surface area contributed by atoms with Crippen molar-refractivity contribution in [3.05, 3.63) is 29.8 Å². The predicted octanol–water partition coefficient (Wildman–Crippen LogP) is 3.75. The van der Waals surface area contributed by atoms with Crippen LogP contribution in [-0.2, 0) is 5.41 Å². The molecule has 1 atom stereocenters. The predicted molar refractivity (Wildman–Crippen MR) is 78.4 cm³/mol. The molecular formula is C16H27NO. The standard InChI is InChI=1S/C16H27NO/c1-6-16(3,4)14-7-9-15(10-8-14)18-13(2)11-12-17-5/h7-10,13,17H,6,11-12H2,1-5H3. The maximum Gasteiger partial charge on any atom is 0.119 e. The van der Waals surface area contributed by atoms with Crippen molar-refractivity contribution in [2.45, 2.75) is 52.1 Å². The van der Waals surface area contributed by atoms with Gasteiger partial charge >= 0.3 is 0 Å². The summed E-state index contributed by atoms with van der Waals surface area (Å²) in [6, 6.07) is 8.54. The molecule has 0 bridgehead atoms. The minimum atomic E-state index is 0.246. The van der Waals surface area contributed by atoms with E-state index >= 15 is 0 Å². The SMILES string of the molecule is CCC(C)(C)c1ccc(OC(C)CCNC)cc1. The van der Waals surface area contributed by atoms with Crippen molar-refractivity contribution >= 4 is 0 Å². The molecule has 0 heterocycles. The number of hydrogen-bond acceptors (Lipinski definition) is 2. The van der Waals surface area contributed by atoms with E-state index in [1.165, 1.54) is 5.56 Å². The normalized spacial score (nSPS) is 13.4. The molecule has 0 radical (unpaired) electrons. The highest BCUT2D eigenvalue weighted by Gasteiger charge is 2.17. The Morgan fingerprint density at radius 1 is 1.22 bits per heavy atom. The van der Waals surface area contributed by atoms with Gasteiger partial charge in [0.15, 0.2) is 0 Å². The van der Waals surface area contributed by atoms with Crippen LogP contribution in [0.1, 0.15) is 46.1 Å².